The Morgan fingerprint density at radius 2 is 1.84 bits per heavy atom. The zero-order valence-electron chi connectivity index (χ0n) is 11.6. The fraction of sp³-hybridized carbons (Fsp3) is 0.333. The van der Waals surface area contributed by atoms with E-state index in [1.54, 1.807) is 0 Å². The third-order valence-corrected chi connectivity index (χ3v) is 3.03. The molecule has 0 spiro atoms. The first kappa shape index (κ1) is 13.5. The first-order valence-corrected chi connectivity index (χ1v) is 6.41. The zero-order valence-corrected chi connectivity index (χ0v) is 11.6. The Morgan fingerprint density at radius 1 is 1.16 bits per heavy atom. The van der Waals surface area contributed by atoms with Gasteiger partial charge in [-0.15, -0.1) is 0 Å². The van der Waals surface area contributed by atoms with Gasteiger partial charge >= 0.3 is 0 Å². The monoisotopic (exact) mass is 257 g/mol. The maximum Gasteiger partial charge on any atom is 0.119 e. The highest BCUT2D eigenvalue weighted by Crippen LogP contribution is 2.23. The molecule has 2 N–H and O–H groups in total. The smallest absolute Gasteiger partial charge is 0.119 e. The van der Waals surface area contributed by atoms with Crippen molar-refractivity contribution in [1.82, 2.24) is 10.2 Å². The summed E-state index contributed by atoms with van der Waals surface area (Å²) < 4.78 is 5.43. The summed E-state index contributed by atoms with van der Waals surface area (Å²) in [6, 6.07) is 9.66. The lowest BCUT2D eigenvalue weighted by molar-refractivity contribution is 0.340. The van der Waals surface area contributed by atoms with Crippen molar-refractivity contribution in [2.45, 2.75) is 26.8 Å². The van der Waals surface area contributed by atoms with Gasteiger partial charge in [-0.3, -0.25) is 0 Å². The van der Waals surface area contributed by atoms with Gasteiger partial charge in [0.25, 0.3) is 0 Å². The van der Waals surface area contributed by atoms with Gasteiger partial charge < -0.3 is 10.5 Å². The molecule has 2 aromatic rings. The molecule has 2 rings (SSSR count). The van der Waals surface area contributed by atoms with Gasteiger partial charge in [0.05, 0.1) is 24.0 Å². The van der Waals surface area contributed by atoms with Gasteiger partial charge in [-0.1, -0.05) is 12.1 Å². The molecule has 1 unspecified atom stereocenters. The molecule has 0 bridgehead atoms. The van der Waals surface area contributed by atoms with Crippen LogP contribution in [0.1, 0.15) is 35.5 Å². The summed E-state index contributed by atoms with van der Waals surface area (Å²) in [6.07, 6.45) is 0. The van der Waals surface area contributed by atoms with Crippen molar-refractivity contribution in [3.63, 3.8) is 0 Å². The lowest BCUT2D eigenvalue weighted by Crippen LogP contribution is -2.15. The molecule has 0 amide bonds. The van der Waals surface area contributed by atoms with Gasteiger partial charge in [-0.25, -0.2) is 0 Å². The van der Waals surface area contributed by atoms with Gasteiger partial charge in [-0.2, -0.15) is 10.2 Å². The number of benzene rings is 1. The Morgan fingerprint density at radius 3 is 2.47 bits per heavy atom. The fourth-order valence-corrected chi connectivity index (χ4v) is 2.00. The van der Waals surface area contributed by atoms with Crippen molar-refractivity contribution in [2.24, 2.45) is 5.73 Å². The van der Waals surface area contributed by atoms with E-state index in [0.717, 1.165) is 28.3 Å². The molecule has 1 atom stereocenters. The summed E-state index contributed by atoms with van der Waals surface area (Å²) in [5.74, 6) is 0.860. The molecule has 4 nitrogen and oxygen atoms in total. The largest absolute Gasteiger partial charge is 0.494 e. The van der Waals surface area contributed by atoms with Gasteiger partial charge in [0.2, 0.25) is 0 Å². The molecule has 0 saturated heterocycles. The van der Waals surface area contributed by atoms with Crippen LogP contribution >= 0.6 is 0 Å². The van der Waals surface area contributed by atoms with Crippen LogP contribution in [0.2, 0.25) is 0 Å². The molecular weight excluding hydrogens is 238 g/mol. The van der Waals surface area contributed by atoms with E-state index in [2.05, 4.69) is 10.2 Å². The second-order valence-corrected chi connectivity index (χ2v) is 4.51. The molecule has 100 valence electrons. The van der Waals surface area contributed by atoms with E-state index >= 15 is 0 Å². The third kappa shape index (κ3) is 3.09. The summed E-state index contributed by atoms with van der Waals surface area (Å²) in [4.78, 5) is 0. The average Bonchev–Trinajstić information content (AvgIpc) is 2.42. The van der Waals surface area contributed by atoms with E-state index in [1.165, 1.54) is 0 Å². The quantitative estimate of drug-likeness (QED) is 0.914. The van der Waals surface area contributed by atoms with Crippen LogP contribution in [0.4, 0.5) is 0 Å². The number of nitrogens with two attached hydrogens (primary N) is 1. The Balaban J connectivity index is 2.27. The Labute approximate surface area is 113 Å². The Bertz CT molecular complexity index is 552. The van der Waals surface area contributed by atoms with Crippen LogP contribution in [-0.4, -0.2) is 16.8 Å². The molecule has 1 heterocycles. The average molecular weight is 257 g/mol. The summed E-state index contributed by atoms with van der Waals surface area (Å²) in [6.45, 7) is 6.48. The van der Waals surface area contributed by atoms with Crippen LogP contribution in [0.25, 0.3) is 0 Å². The lowest BCUT2D eigenvalue weighted by atomic mass is 9.98. The van der Waals surface area contributed by atoms with Gasteiger partial charge in [0.1, 0.15) is 5.75 Å². The number of rotatable bonds is 4. The first-order chi connectivity index (χ1) is 9.11. The van der Waals surface area contributed by atoms with Crippen molar-refractivity contribution < 1.29 is 4.74 Å². The summed E-state index contributed by atoms with van der Waals surface area (Å²) in [5.41, 5.74) is 10.1. The number of hydrogen-bond donors (Lipinski definition) is 1. The molecule has 0 radical (unpaired) electrons. The van der Waals surface area contributed by atoms with Gasteiger partial charge in [-0.05, 0) is 50.1 Å². The van der Waals surface area contributed by atoms with Gasteiger partial charge in [0.15, 0.2) is 0 Å². The summed E-state index contributed by atoms with van der Waals surface area (Å²) in [7, 11) is 0. The molecule has 1 aromatic heterocycles. The predicted octanol–water partition coefficient (Wildman–Crippen LogP) is 2.54. The second kappa shape index (κ2) is 5.80. The molecule has 4 heteroatoms. The topological polar surface area (TPSA) is 61.0 Å². The number of nitrogens with zero attached hydrogens (tertiary/aromatic N) is 2. The molecule has 0 fully saturated rings. The van der Waals surface area contributed by atoms with E-state index in [1.807, 2.05) is 51.1 Å². The van der Waals surface area contributed by atoms with E-state index < -0.39 is 0 Å². The maximum atomic E-state index is 6.30. The van der Waals surface area contributed by atoms with E-state index in [-0.39, 0.29) is 6.04 Å². The minimum atomic E-state index is -0.190. The highest BCUT2D eigenvalue weighted by atomic mass is 16.5. The molecule has 0 aliphatic heterocycles. The van der Waals surface area contributed by atoms with Crippen molar-refractivity contribution in [3.8, 4) is 5.75 Å². The molecule has 1 aromatic carbocycles. The summed E-state index contributed by atoms with van der Waals surface area (Å²) in [5, 5.41) is 8.15. The number of aryl methyl sites for hydroxylation is 2. The number of hydrogen-bond acceptors (Lipinski definition) is 4. The van der Waals surface area contributed by atoms with E-state index in [9.17, 15) is 0 Å². The molecular formula is C15H19N3O. The standard InChI is InChI=1S/C15H19N3O/c1-4-19-13-7-5-12(6-8-13)15(16)14-9-10(2)17-18-11(14)3/h5-9,15H,4,16H2,1-3H3. The van der Waals surface area contributed by atoms with Crippen molar-refractivity contribution >= 4 is 0 Å². The minimum Gasteiger partial charge on any atom is -0.494 e. The number of ether oxygens (including phenoxy) is 1. The van der Waals surface area contributed by atoms with Crippen LogP contribution in [0.3, 0.4) is 0 Å². The van der Waals surface area contributed by atoms with Crippen molar-refractivity contribution in [1.29, 1.82) is 0 Å². The fourth-order valence-electron chi connectivity index (χ4n) is 2.00. The second-order valence-electron chi connectivity index (χ2n) is 4.51. The number of aromatic nitrogens is 2. The zero-order chi connectivity index (χ0) is 13.8. The minimum absolute atomic E-state index is 0.190. The van der Waals surface area contributed by atoms with Crippen LogP contribution in [-0.2, 0) is 0 Å². The highest BCUT2D eigenvalue weighted by Gasteiger charge is 2.13. The maximum absolute atomic E-state index is 6.30. The van der Waals surface area contributed by atoms with Crippen molar-refractivity contribution in [3.05, 3.63) is 52.8 Å². The van der Waals surface area contributed by atoms with Crippen molar-refractivity contribution in [2.75, 3.05) is 6.61 Å². The molecule has 0 aliphatic rings. The first-order valence-electron chi connectivity index (χ1n) is 6.41. The summed E-state index contributed by atoms with van der Waals surface area (Å²) >= 11 is 0. The van der Waals surface area contributed by atoms with Crippen LogP contribution in [0.5, 0.6) is 5.75 Å². The van der Waals surface area contributed by atoms with Gasteiger partial charge in [0, 0.05) is 0 Å². The van der Waals surface area contributed by atoms with Crippen LogP contribution in [0.15, 0.2) is 30.3 Å². The lowest BCUT2D eigenvalue weighted by Gasteiger charge is -2.15. The normalized spacial score (nSPS) is 12.2. The van der Waals surface area contributed by atoms with E-state index in [0.29, 0.717) is 6.61 Å². The third-order valence-electron chi connectivity index (χ3n) is 3.03. The van der Waals surface area contributed by atoms with Crippen LogP contribution < -0.4 is 10.5 Å². The molecule has 0 aliphatic carbocycles. The van der Waals surface area contributed by atoms with E-state index in [4.69, 9.17) is 10.5 Å². The van der Waals surface area contributed by atoms with Crippen LogP contribution in [0, 0.1) is 13.8 Å². The Hall–Kier alpha value is -1.94. The molecule has 0 saturated carbocycles. The predicted molar refractivity (Wildman–Crippen MR) is 75.1 cm³/mol. The Kier molecular flexibility index (Phi) is 4.12. The highest BCUT2D eigenvalue weighted by molar-refractivity contribution is 5.36. The molecule has 19 heavy (non-hydrogen) atoms. The SMILES string of the molecule is CCOc1ccc(C(N)c2cc(C)nnc2C)cc1.